The van der Waals surface area contributed by atoms with Gasteiger partial charge in [0.2, 0.25) is 0 Å². The van der Waals surface area contributed by atoms with Crippen LogP contribution >= 0.6 is 0 Å². The maximum absolute atomic E-state index is 12.4. The number of hydrogen-bond acceptors (Lipinski definition) is 4. The molecule has 0 fully saturated rings. The standard InChI is InChI=1S/C15H21N3O2S/c1-4-12(3)18-8-7-13(17-18)10-21(19,20)14-5-6-15(16)11(2)9-14/h5-9,12H,4,10,16H2,1-3H3. The molecule has 2 rings (SSSR count). The number of nitrogen functional groups attached to an aromatic ring is 1. The number of nitrogens with zero attached hydrogens (tertiary/aromatic N) is 2. The molecule has 0 amide bonds. The van der Waals surface area contributed by atoms with Crippen LogP contribution in [0.5, 0.6) is 0 Å². The van der Waals surface area contributed by atoms with Crippen LogP contribution in [0.1, 0.15) is 37.6 Å². The summed E-state index contributed by atoms with van der Waals surface area (Å²) in [6.45, 7) is 5.92. The van der Waals surface area contributed by atoms with Crippen LogP contribution in [0.2, 0.25) is 0 Å². The SMILES string of the molecule is CCC(C)n1ccc(CS(=O)(=O)c2ccc(N)c(C)c2)n1. The number of rotatable bonds is 5. The highest BCUT2D eigenvalue weighted by Gasteiger charge is 2.18. The number of sulfone groups is 1. The van der Waals surface area contributed by atoms with E-state index in [-0.39, 0.29) is 16.7 Å². The monoisotopic (exact) mass is 307 g/mol. The molecule has 0 aliphatic carbocycles. The third kappa shape index (κ3) is 3.44. The van der Waals surface area contributed by atoms with Crippen molar-refractivity contribution in [3.8, 4) is 0 Å². The molecule has 6 heteroatoms. The Morgan fingerprint density at radius 3 is 2.67 bits per heavy atom. The van der Waals surface area contributed by atoms with E-state index in [1.165, 1.54) is 0 Å². The Hall–Kier alpha value is -1.82. The minimum atomic E-state index is -3.40. The molecule has 0 spiro atoms. The van der Waals surface area contributed by atoms with Crippen LogP contribution in [-0.4, -0.2) is 18.2 Å². The Balaban J connectivity index is 2.24. The molecule has 1 aromatic carbocycles. The molecule has 0 saturated heterocycles. The van der Waals surface area contributed by atoms with Crippen LogP contribution in [0.3, 0.4) is 0 Å². The Kier molecular flexibility index (Phi) is 4.37. The lowest BCUT2D eigenvalue weighted by molar-refractivity contribution is 0.475. The molecule has 1 atom stereocenters. The van der Waals surface area contributed by atoms with Crippen LogP contribution in [0.4, 0.5) is 5.69 Å². The van der Waals surface area contributed by atoms with Crippen molar-refractivity contribution in [3.63, 3.8) is 0 Å². The van der Waals surface area contributed by atoms with Crippen LogP contribution in [0.25, 0.3) is 0 Å². The van der Waals surface area contributed by atoms with Crippen molar-refractivity contribution in [2.24, 2.45) is 0 Å². The summed E-state index contributed by atoms with van der Waals surface area (Å²) in [6, 6.07) is 6.80. The molecule has 0 aliphatic rings. The minimum absolute atomic E-state index is 0.0974. The zero-order valence-corrected chi connectivity index (χ0v) is 13.4. The molecule has 0 aliphatic heterocycles. The van der Waals surface area contributed by atoms with Gasteiger partial charge in [-0.25, -0.2) is 8.42 Å². The fourth-order valence-corrected chi connectivity index (χ4v) is 3.35. The van der Waals surface area contributed by atoms with Crippen molar-refractivity contribution >= 4 is 15.5 Å². The van der Waals surface area contributed by atoms with Gasteiger partial charge in [0, 0.05) is 17.9 Å². The molecular weight excluding hydrogens is 286 g/mol. The molecule has 2 N–H and O–H groups in total. The molecule has 2 aromatic rings. The predicted octanol–water partition coefficient (Wildman–Crippen LogP) is 2.72. The summed E-state index contributed by atoms with van der Waals surface area (Å²) in [4.78, 5) is 0.285. The van der Waals surface area contributed by atoms with Crippen LogP contribution in [0.15, 0.2) is 35.4 Å². The Labute approximate surface area is 125 Å². The Morgan fingerprint density at radius 2 is 2.05 bits per heavy atom. The van der Waals surface area contributed by atoms with E-state index in [1.807, 2.05) is 6.20 Å². The van der Waals surface area contributed by atoms with E-state index < -0.39 is 9.84 Å². The molecule has 0 radical (unpaired) electrons. The van der Waals surface area contributed by atoms with Gasteiger partial charge in [0.25, 0.3) is 0 Å². The van der Waals surface area contributed by atoms with Gasteiger partial charge in [-0.2, -0.15) is 5.10 Å². The van der Waals surface area contributed by atoms with E-state index in [0.29, 0.717) is 11.4 Å². The highest BCUT2D eigenvalue weighted by molar-refractivity contribution is 7.90. The van der Waals surface area contributed by atoms with Gasteiger partial charge in [-0.3, -0.25) is 4.68 Å². The molecule has 0 saturated carbocycles. The van der Waals surface area contributed by atoms with Crippen LogP contribution < -0.4 is 5.73 Å². The van der Waals surface area contributed by atoms with Gasteiger partial charge in [-0.1, -0.05) is 6.92 Å². The topological polar surface area (TPSA) is 78.0 Å². The second kappa shape index (κ2) is 5.89. The number of hydrogen-bond donors (Lipinski definition) is 1. The summed E-state index contributed by atoms with van der Waals surface area (Å²) in [6.07, 6.45) is 2.78. The highest BCUT2D eigenvalue weighted by atomic mass is 32.2. The van der Waals surface area contributed by atoms with Crippen molar-refractivity contribution in [1.82, 2.24) is 9.78 Å². The molecular formula is C15H21N3O2S. The first-order valence-electron chi connectivity index (χ1n) is 6.96. The summed E-state index contributed by atoms with van der Waals surface area (Å²) in [5.74, 6) is -0.0974. The van der Waals surface area contributed by atoms with Gasteiger partial charge in [-0.05, 0) is 50.1 Å². The van der Waals surface area contributed by atoms with E-state index in [1.54, 1.807) is 35.9 Å². The summed E-state index contributed by atoms with van der Waals surface area (Å²) in [7, 11) is -3.40. The molecule has 5 nitrogen and oxygen atoms in total. The number of nitrogens with two attached hydrogens (primary N) is 1. The number of aryl methyl sites for hydroxylation is 1. The second-order valence-electron chi connectivity index (χ2n) is 5.32. The lowest BCUT2D eigenvalue weighted by atomic mass is 10.2. The Morgan fingerprint density at radius 1 is 1.33 bits per heavy atom. The number of anilines is 1. The van der Waals surface area contributed by atoms with E-state index in [0.717, 1.165) is 12.0 Å². The van der Waals surface area contributed by atoms with E-state index in [9.17, 15) is 8.42 Å². The summed E-state index contributed by atoms with van der Waals surface area (Å²) < 4.78 is 26.7. The smallest absolute Gasteiger partial charge is 0.184 e. The minimum Gasteiger partial charge on any atom is -0.399 e. The quantitative estimate of drug-likeness (QED) is 0.862. The molecule has 114 valence electrons. The maximum atomic E-state index is 12.4. The van der Waals surface area contributed by atoms with E-state index in [2.05, 4.69) is 18.9 Å². The van der Waals surface area contributed by atoms with Crippen molar-refractivity contribution in [2.75, 3.05) is 5.73 Å². The van der Waals surface area contributed by atoms with Crippen molar-refractivity contribution in [1.29, 1.82) is 0 Å². The summed E-state index contributed by atoms with van der Waals surface area (Å²) in [5, 5.41) is 4.34. The number of benzene rings is 1. The summed E-state index contributed by atoms with van der Waals surface area (Å²) >= 11 is 0. The average Bonchev–Trinajstić information content (AvgIpc) is 2.88. The maximum Gasteiger partial charge on any atom is 0.184 e. The van der Waals surface area contributed by atoms with E-state index in [4.69, 9.17) is 5.73 Å². The van der Waals surface area contributed by atoms with E-state index >= 15 is 0 Å². The molecule has 1 unspecified atom stereocenters. The first-order chi connectivity index (χ1) is 9.83. The highest BCUT2D eigenvalue weighted by Crippen LogP contribution is 2.21. The lowest BCUT2D eigenvalue weighted by Gasteiger charge is -2.08. The summed E-state index contributed by atoms with van der Waals surface area (Å²) in [5.41, 5.74) is 7.64. The van der Waals surface area contributed by atoms with Gasteiger partial charge in [0.1, 0.15) is 0 Å². The fourth-order valence-electron chi connectivity index (χ4n) is 2.01. The van der Waals surface area contributed by atoms with Crippen LogP contribution in [-0.2, 0) is 15.6 Å². The first kappa shape index (κ1) is 15.6. The van der Waals surface area contributed by atoms with Gasteiger partial charge < -0.3 is 5.73 Å². The van der Waals surface area contributed by atoms with Crippen LogP contribution in [0, 0.1) is 6.92 Å². The third-order valence-corrected chi connectivity index (χ3v) is 5.29. The average molecular weight is 307 g/mol. The molecule has 21 heavy (non-hydrogen) atoms. The molecule has 1 heterocycles. The normalized spacial score (nSPS) is 13.3. The van der Waals surface area contributed by atoms with Crippen molar-refractivity contribution in [3.05, 3.63) is 41.7 Å². The van der Waals surface area contributed by atoms with Gasteiger partial charge in [0.05, 0.1) is 16.3 Å². The van der Waals surface area contributed by atoms with Crippen molar-refractivity contribution < 1.29 is 8.42 Å². The number of aromatic nitrogens is 2. The largest absolute Gasteiger partial charge is 0.399 e. The van der Waals surface area contributed by atoms with Gasteiger partial charge >= 0.3 is 0 Å². The zero-order chi connectivity index (χ0) is 15.6. The predicted molar refractivity (Wildman–Crippen MR) is 83.7 cm³/mol. The molecule has 0 bridgehead atoms. The zero-order valence-electron chi connectivity index (χ0n) is 12.6. The molecule has 1 aromatic heterocycles. The third-order valence-electron chi connectivity index (χ3n) is 3.64. The van der Waals surface area contributed by atoms with Gasteiger partial charge in [0.15, 0.2) is 9.84 Å². The fraction of sp³-hybridized carbons (Fsp3) is 0.400. The Bertz CT molecular complexity index is 735. The van der Waals surface area contributed by atoms with Gasteiger partial charge in [-0.15, -0.1) is 0 Å². The lowest BCUT2D eigenvalue weighted by Crippen LogP contribution is -2.09. The second-order valence-corrected chi connectivity index (χ2v) is 7.31. The first-order valence-corrected chi connectivity index (χ1v) is 8.61. The van der Waals surface area contributed by atoms with Crippen molar-refractivity contribution in [2.45, 2.75) is 43.9 Å².